The maximum atomic E-state index is 5.71. The van der Waals surface area contributed by atoms with Crippen LogP contribution in [0.4, 0.5) is 0 Å². The number of amidine groups is 1. The Bertz CT molecular complexity index is 302. The highest BCUT2D eigenvalue weighted by molar-refractivity contribution is 7.11. The first-order valence-corrected chi connectivity index (χ1v) is 5.12. The molecule has 0 amide bonds. The quantitative estimate of drug-likeness (QED) is 0.595. The third kappa shape index (κ3) is 3.14. The fraction of sp³-hybridized carbons (Fsp3) is 0.556. The monoisotopic (exact) mass is 197 g/mol. The van der Waals surface area contributed by atoms with Gasteiger partial charge in [0.15, 0.2) is 0 Å². The van der Waals surface area contributed by atoms with Crippen molar-refractivity contribution in [3.05, 3.63) is 16.1 Å². The molecule has 0 saturated heterocycles. The minimum atomic E-state index is 0.328. The topological polar surface area (TPSA) is 51.3 Å². The number of aromatic nitrogens is 1. The van der Waals surface area contributed by atoms with E-state index >= 15 is 0 Å². The minimum Gasteiger partial charge on any atom is -0.387 e. The van der Waals surface area contributed by atoms with E-state index in [0.29, 0.717) is 18.3 Å². The van der Waals surface area contributed by atoms with E-state index in [0.717, 1.165) is 5.01 Å². The molecule has 0 spiro atoms. The third-order valence-electron chi connectivity index (χ3n) is 1.68. The maximum absolute atomic E-state index is 5.71. The van der Waals surface area contributed by atoms with Gasteiger partial charge in [0.25, 0.3) is 0 Å². The van der Waals surface area contributed by atoms with Crippen LogP contribution in [0.3, 0.4) is 0 Å². The van der Waals surface area contributed by atoms with Crippen molar-refractivity contribution < 1.29 is 0 Å². The van der Waals surface area contributed by atoms with Gasteiger partial charge in [-0.3, -0.25) is 4.99 Å². The molecule has 0 unspecified atom stereocenters. The summed E-state index contributed by atoms with van der Waals surface area (Å²) in [6, 6.07) is 0. The highest BCUT2D eigenvalue weighted by atomic mass is 32.1. The van der Waals surface area contributed by atoms with Gasteiger partial charge >= 0.3 is 0 Å². The first-order chi connectivity index (χ1) is 6.09. The molecule has 1 aromatic rings. The van der Waals surface area contributed by atoms with Crippen LogP contribution in [-0.4, -0.2) is 10.8 Å². The van der Waals surface area contributed by atoms with E-state index in [4.69, 9.17) is 5.73 Å². The van der Waals surface area contributed by atoms with Crippen LogP contribution in [0, 0.1) is 12.8 Å². The molecule has 0 aliphatic heterocycles. The Morgan fingerprint density at radius 3 is 2.85 bits per heavy atom. The van der Waals surface area contributed by atoms with E-state index in [2.05, 4.69) is 9.98 Å². The summed E-state index contributed by atoms with van der Waals surface area (Å²) in [6.45, 7) is 6.73. The summed E-state index contributed by atoms with van der Waals surface area (Å²) in [4.78, 5) is 9.59. The van der Waals surface area contributed by atoms with Crippen molar-refractivity contribution in [2.45, 2.75) is 27.3 Å². The van der Waals surface area contributed by atoms with E-state index in [-0.39, 0.29) is 0 Å². The second-order valence-corrected chi connectivity index (χ2v) is 4.56. The Balaban J connectivity index is 2.56. The van der Waals surface area contributed by atoms with Gasteiger partial charge in [-0.2, -0.15) is 0 Å². The molecule has 1 rings (SSSR count). The van der Waals surface area contributed by atoms with Crippen LogP contribution in [0.15, 0.2) is 11.2 Å². The Labute approximate surface area is 82.7 Å². The molecule has 0 aliphatic rings. The first kappa shape index (κ1) is 10.2. The van der Waals surface area contributed by atoms with Gasteiger partial charge in [0.1, 0.15) is 0 Å². The predicted molar refractivity (Wildman–Crippen MR) is 57.0 cm³/mol. The molecule has 0 bridgehead atoms. The van der Waals surface area contributed by atoms with Crippen molar-refractivity contribution in [3.8, 4) is 0 Å². The van der Waals surface area contributed by atoms with E-state index in [1.54, 1.807) is 11.3 Å². The standard InChI is InChI=1S/C9H15N3S/c1-6(2)9(10)12-5-8-4-11-7(3)13-8/h4,6H,5H2,1-3H3,(H2,10,12). The summed E-state index contributed by atoms with van der Waals surface area (Å²) in [7, 11) is 0. The number of aliphatic imine (C=N–C) groups is 1. The molecule has 3 nitrogen and oxygen atoms in total. The molecular formula is C9H15N3S. The van der Waals surface area contributed by atoms with Crippen LogP contribution < -0.4 is 5.73 Å². The highest BCUT2D eigenvalue weighted by Gasteiger charge is 2.00. The predicted octanol–water partition coefficient (Wildman–Crippen LogP) is 1.96. The molecule has 72 valence electrons. The number of hydrogen-bond acceptors (Lipinski definition) is 3. The van der Waals surface area contributed by atoms with E-state index in [9.17, 15) is 0 Å². The van der Waals surface area contributed by atoms with Crippen LogP contribution >= 0.6 is 11.3 Å². The molecule has 0 aliphatic carbocycles. The molecule has 0 saturated carbocycles. The van der Waals surface area contributed by atoms with Crippen LogP contribution in [0.2, 0.25) is 0 Å². The summed E-state index contributed by atoms with van der Waals surface area (Å²) in [5.41, 5.74) is 5.71. The SMILES string of the molecule is Cc1ncc(CN=C(N)C(C)C)s1. The number of thiazole rings is 1. The fourth-order valence-corrected chi connectivity index (χ4v) is 1.55. The average molecular weight is 197 g/mol. The third-order valence-corrected chi connectivity index (χ3v) is 2.58. The van der Waals surface area contributed by atoms with E-state index in [1.165, 1.54) is 4.88 Å². The number of hydrogen-bond donors (Lipinski definition) is 1. The lowest BCUT2D eigenvalue weighted by Gasteiger charge is -2.02. The van der Waals surface area contributed by atoms with Crippen LogP contribution in [0.5, 0.6) is 0 Å². The second kappa shape index (κ2) is 4.37. The van der Waals surface area contributed by atoms with E-state index < -0.39 is 0 Å². The van der Waals surface area contributed by atoms with Gasteiger partial charge in [-0.1, -0.05) is 13.8 Å². The van der Waals surface area contributed by atoms with Crippen molar-refractivity contribution in [1.29, 1.82) is 0 Å². The summed E-state index contributed by atoms with van der Waals surface area (Å²) < 4.78 is 0. The van der Waals surface area contributed by atoms with Crippen molar-refractivity contribution in [2.75, 3.05) is 0 Å². The van der Waals surface area contributed by atoms with Gasteiger partial charge in [0.05, 0.1) is 17.4 Å². The number of nitrogens with zero attached hydrogens (tertiary/aromatic N) is 2. The van der Waals surface area contributed by atoms with Crippen molar-refractivity contribution in [1.82, 2.24) is 4.98 Å². The Morgan fingerprint density at radius 2 is 2.38 bits per heavy atom. The molecular weight excluding hydrogens is 182 g/mol. The number of aryl methyl sites for hydroxylation is 1. The zero-order valence-corrected chi connectivity index (χ0v) is 9.06. The largest absolute Gasteiger partial charge is 0.387 e. The molecule has 0 aromatic carbocycles. The number of rotatable bonds is 3. The van der Waals surface area contributed by atoms with Gasteiger partial charge in [-0.15, -0.1) is 11.3 Å². The lowest BCUT2D eigenvalue weighted by Crippen LogP contribution is -2.18. The van der Waals surface area contributed by atoms with Crippen LogP contribution in [0.25, 0.3) is 0 Å². The lowest BCUT2D eigenvalue weighted by molar-refractivity contribution is 0.856. The van der Waals surface area contributed by atoms with Crippen LogP contribution in [-0.2, 0) is 6.54 Å². The minimum absolute atomic E-state index is 0.328. The van der Waals surface area contributed by atoms with E-state index in [1.807, 2.05) is 27.0 Å². The van der Waals surface area contributed by atoms with Gasteiger partial charge in [0, 0.05) is 17.0 Å². The molecule has 0 radical (unpaired) electrons. The van der Waals surface area contributed by atoms with Gasteiger partial charge in [-0.05, 0) is 6.92 Å². The van der Waals surface area contributed by atoms with Gasteiger partial charge in [0.2, 0.25) is 0 Å². The second-order valence-electron chi connectivity index (χ2n) is 3.24. The summed E-state index contributed by atoms with van der Waals surface area (Å²) in [5.74, 6) is 1.04. The summed E-state index contributed by atoms with van der Waals surface area (Å²) in [6.07, 6.45) is 1.86. The first-order valence-electron chi connectivity index (χ1n) is 4.30. The molecule has 4 heteroatoms. The Morgan fingerprint density at radius 1 is 1.69 bits per heavy atom. The zero-order valence-electron chi connectivity index (χ0n) is 8.24. The lowest BCUT2D eigenvalue weighted by atomic mass is 10.2. The van der Waals surface area contributed by atoms with Crippen molar-refractivity contribution in [3.63, 3.8) is 0 Å². The molecule has 2 N–H and O–H groups in total. The molecule has 1 heterocycles. The molecule has 13 heavy (non-hydrogen) atoms. The van der Waals surface area contributed by atoms with Gasteiger partial charge in [-0.25, -0.2) is 4.98 Å². The molecule has 1 aromatic heterocycles. The van der Waals surface area contributed by atoms with Crippen LogP contribution in [0.1, 0.15) is 23.7 Å². The maximum Gasteiger partial charge on any atom is 0.0967 e. The Hall–Kier alpha value is -0.900. The smallest absolute Gasteiger partial charge is 0.0967 e. The number of nitrogens with two attached hydrogens (primary N) is 1. The fourth-order valence-electron chi connectivity index (χ4n) is 0.830. The molecule has 0 fully saturated rings. The average Bonchev–Trinajstić information content (AvgIpc) is 2.47. The normalized spacial score (nSPS) is 12.5. The summed E-state index contributed by atoms with van der Waals surface area (Å²) >= 11 is 1.67. The summed E-state index contributed by atoms with van der Waals surface area (Å²) in [5, 5.41) is 1.08. The highest BCUT2D eigenvalue weighted by Crippen LogP contribution is 2.12. The van der Waals surface area contributed by atoms with Crippen molar-refractivity contribution >= 4 is 17.2 Å². The van der Waals surface area contributed by atoms with Crippen molar-refractivity contribution in [2.24, 2.45) is 16.6 Å². The Kier molecular flexibility index (Phi) is 3.42. The zero-order chi connectivity index (χ0) is 9.84. The van der Waals surface area contributed by atoms with Gasteiger partial charge < -0.3 is 5.73 Å². The molecule has 0 atom stereocenters.